The highest BCUT2D eigenvalue weighted by Crippen LogP contribution is 2.23. The van der Waals surface area contributed by atoms with Crippen molar-refractivity contribution in [2.45, 2.75) is 26.2 Å². The highest BCUT2D eigenvalue weighted by molar-refractivity contribution is 7.09. The molecule has 0 bridgehead atoms. The van der Waals surface area contributed by atoms with Gasteiger partial charge in [0.1, 0.15) is 0 Å². The fraction of sp³-hybridized carbons (Fsp3) is 0.471. The van der Waals surface area contributed by atoms with Crippen LogP contribution in [0.25, 0.3) is 11.3 Å². The first kappa shape index (κ1) is 14.5. The Hall–Kier alpha value is -1.39. The quantitative estimate of drug-likeness (QED) is 0.876. The number of nitrogens with zero attached hydrogens (tertiary/aromatic N) is 2. The lowest BCUT2D eigenvalue weighted by Gasteiger charge is -2.29. The molecule has 112 valence electrons. The number of hydrogen-bond acceptors (Lipinski definition) is 4. The van der Waals surface area contributed by atoms with Crippen LogP contribution in [0.15, 0.2) is 29.6 Å². The van der Waals surface area contributed by atoms with Crippen molar-refractivity contribution < 1.29 is 0 Å². The second-order valence-corrected chi connectivity index (χ2v) is 6.97. The number of hydrogen-bond donors (Lipinski definition) is 1. The Balaban J connectivity index is 1.56. The maximum atomic E-state index is 5.73. The first-order chi connectivity index (χ1) is 10.2. The van der Waals surface area contributed by atoms with Crippen molar-refractivity contribution in [3.8, 4) is 11.3 Å². The van der Waals surface area contributed by atoms with Crippen molar-refractivity contribution in [1.29, 1.82) is 0 Å². The maximum absolute atomic E-state index is 5.73. The summed E-state index contributed by atoms with van der Waals surface area (Å²) in [5.41, 5.74) is 8.75. The number of rotatable bonds is 4. The Bertz CT molecular complexity index is 568. The van der Waals surface area contributed by atoms with E-state index in [-0.39, 0.29) is 0 Å². The molecular formula is C17H23N3S. The predicted molar refractivity (Wildman–Crippen MR) is 90.5 cm³/mol. The summed E-state index contributed by atoms with van der Waals surface area (Å²) in [6.45, 7) is 5.99. The van der Waals surface area contributed by atoms with E-state index in [9.17, 15) is 0 Å². The third-order valence-corrected chi connectivity index (χ3v) is 5.18. The average molecular weight is 301 g/mol. The lowest BCUT2D eigenvalue weighted by molar-refractivity contribution is 0.194. The minimum Gasteiger partial charge on any atom is -0.399 e. The summed E-state index contributed by atoms with van der Waals surface area (Å²) >= 11 is 1.77. The van der Waals surface area contributed by atoms with Crippen molar-refractivity contribution in [3.05, 3.63) is 34.7 Å². The lowest BCUT2D eigenvalue weighted by Crippen LogP contribution is -2.34. The standard InChI is InChI=1S/C17H23N3S/c1-13-6-9-20(10-7-13)11-8-17-19-16(12-21-17)14-2-4-15(18)5-3-14/h2-5,12-13H,6-11,18H2,1H3. The predicted octanol–water partition coefficient (Wildman–Crippen LogP) is 3.67. The molecule has 0 unspecified atom stereocenters. The number of thiazole rings is 1. The molecule has 1 aliphatic heterocycles. The normalized spacial score (nSPS) is 17.2. The van der Waals surface area contributed by atoms with Crippen molar-refractivity contribution in [1.82, 2.24) is 9.88 Å². The molecule has 0 spiro atoms. The first-order valence-electron chi connectivity index (χ1n) is 7.73. The molecule has 3 nitrogen and oxygen atoms in total. The van der Waals surface area contributed by atoms with Gasteiger partial charge in [-0.05, 0) is 44.0 Å². The summed E-state index contributed by atoms with van der Waals surface area (Å²) in [6.07, 6.45) is 3.75. The van der Waals surface area contributed by atoms with Gasteiger partial charge in [-0.25, -0.2) is 4.98 Å². The van der Waals surface area contributed by atoms with Crippen LogP contribution in [0.5, 0.6) is 0 Å². The number of nitrogens with two attached hydrogens (primary N) is 1. The van der Waals surface area contributed by atoms with E-state index in [4.69, 9.17) is 10.7 Å². The number of aromatic nitrogens is 1. The zero-order chi connectivity index (χ0) is 14.7. The Morgan fingerprint density at radius 3 is 2.67 bits per heavy atom. The Labute approximate surface area is 130 Å². The molecule has 2 N–H and O–H groups in total. The number of likely N-dealkylation sites (tertiary alicyclic amines) is 1. The summed E-state index contributed by atoms with van der Waals surface area (Å²) in [7, 11) is 0. The maximum Gasteiger partial charge on any atom is 0.0945 e. The largest absolute Gasteiger partial charge is 0.399 e. The van der Waals surface area contributed by atoms with E-state index in [1.807, 2.05) is 24.3 Å². The number of benzene rings is 1. The van der Waals surface area contributed by atoms with Gasteiger partial charge in [-0.1, -0.05) is 19.1 Å². The number of nitrogen functional groups attached to an aromatic ring is 1. The van der Waals surface area contributed by atoms with Crippen LogP contribution in [0, 0.1) is 5.92 Å². The van der Waals surface area contributed by atoms with Crippen molar-refractivity contribution >= 4 is 17.0 Å². The molecule has 1 aromatic heterocycles. The molecule has 21 heavy (non-hydrogen) atoms. The SMILES string of the molecule is CC1CCN(CCc2nc(-c3ccc(N)cc3)cs2)CC1. The van der Waals surface area contributed by atoms with E-state index < -0.39 is 0 Å². The highest BCUT2D eigenvalue weighted by atomic mass is 32.1. The van der Waals surface area contributed by atoms with Crippen LogP contribution in [0.3, 0.4) is 0 Å². The number of anilines is 1. The van der Waals surface area contributed by atoms with Crippen molar-refractivity contribution in [2.24, 2.45) is 5.92 Å². The summed E-state index contributed by atoms with van der Waals surface area (Å²) in [5.74, 6) is 0.901. The molecule has 0 aliphatic carbocycles. The molecule has 0 atom stereocenters. The second kappa shape index (κ2) is 6.58. The Morgan fingerprint density at radius 1 is 1.24 bits per heavy atom. The van der Waals surface area contributed by atoms with Gasteiger partial charge in [0.2, 0.25) is 0 Å². The van der Waals surface area contributed by atoms with E-state index in [2.05, 4.69) is 17.2 Å². The minimum absolute atomic E-state index is 0.800. The molecular weight excluding hydrogens is 278 g/mol. The van der Waals surface area contributed by atoms with E-state index in [0.717, 1.165) is 35.8 Å². The van der Waals surface area contributed by atoms with Gasteiger partial charge in [-0.3, -0.25) is 0 Å². The van der Waals surface area contributed by atoms with Crippen LogP contribution < -0.4 is 5.73 Å². The molecule has 0 amide bonds. The number of piperidine rings is 1. The monoisotopic (exact) mass is 301 g/mol. The second-order valence-electron chi connectivity index (χ2n) is 6.02. The first-order valence-corrected chi connectivity index (χ1v) is 8.61. The topological polar surface area (TPSA) is 42.2 Å². The summed E-state index contributed by atoms with van der Waals surface area (Å²) in [5, 5.41) is 3.39. The van der Waals surface area contributed by atoms with Gasteiger partial charge < -0.3 is 10.6 Å². The molecule has 0 radical (unpaired) electrons. The fourth-order valence-electron chi connectivity index (χ4n) is 2.75. The van der Waals surface area contributed by atoms with E-state index >= 15 is 0 Å². The van der Waals surface area contributed by atoms with Crippen molar-refractivity contribution in [3.63, 3.8) is 0 Å². The zero-order valence-corrected chi connectivity index (χ0v) is 13.4. The van der Waals surface area contributed by atoms with Gasteiger partial charge in [0.05, 0.1) is 10.7 Å². The van der Waals surface area contributed by atoms with Crippen LogP contribution in [0.2, 0.25) is 0 Å². The Kier molecular flexibility index (Phi) is 4.56. The summed E-state index contributed by atoms with van der Waals surface area (Å²) < 4.78 is 0. The third kappa shape index (κ3) is 3.83. The van der Waals surface area contributed by atoms with Crippen LogP contribution in [0.1, 0.15) is 24.8 Å². The molecule has 2 heterocycles. The van der Waals surface area contributed by atoms with Crippen LogP contribution in [0.4, 0.5) is 5.69 Å². The minimum atomic E-state index is 0.800. The average Bonchev–Trinajstić information content (AvgIpc) is 2.96. The van der Waals surface area contributed by atoms with Crippen LogP contribution >= 0.6 is 11.3 Å². The third-order valence-electron chi connectivity index (χ3n) is 4.28. The summed E-state index contributed by atoms with van der Waals surface area (Å²) in [4.78, 5) is 7.33. The molecule has 1 aromatic carbocycles. The molecule has 1 fully saturated rings. The molecule has 1 saturated heterocycles. The molecule has 0 saturated carbocycles. The molecule has 3 rings (SSSR count). The van der Waals surface area contributed by atoms with Crippen molar-refractivity contribution in [2.75, 3.05) is 25.4 Å². The highest BCUT2D eigenvalue weighted by Gasteiger charge is 2.15. The van der Waals surface area contributed by atoms with E-state index in [1.165, 1.54) is 30.9 Å². The fourth-order valence-corrected chi connectivity index (χ4v) is 3.55. The van der Waals surface area contributed by atoms with Crippen LogP contribution in [-0.2, 0) is 6.42 Å². The summed E-state index contributed by atoms with van der Waals surface area (Å²) in [6, 6.07) is 7.95. The smallest absolute Gasteiger partial charge is 0.0945 e. The van der Waals surface area contributed by atoms with E-state index in [1.54, 1.807) is 11.3 Å². The van der Waals surface area contributed by atoms with Crippen LogP contribution in [-0.4, -0.2) is 29.5 Å². The lowest BCUT2D eigenvalue weighted by atomic mass is 9.99. The van der Waals surface area contributed by atoms with Gasteiger partial charge in [0.15, 0.2) is 0 Å². The van der Waals surface area contributed by atoms with Gasteiger partial charge >= 0.3 is 0 Å². The van der Waals surface area contributed by atoms with E-state index in [0.29, 0.717) is 0 Å². The molecule has 4 heteroatoms. The van der Waals surface area contributed by atoms with Gasteiger partial charge in [-0.2, -0.15) is 0 Å². The van der Waals surface area contributed by atoms with Gasteiger partial charge in [-0.15, -0.1) is 11.3 Å². The molecule has 1 aliphatic rings. The molecule has 2 aromatic rings. The Morgan fingerprint density at radius 2 is 1.95 bits per heavy atom. The zero-order valence-electron chi connectivity index (χ0n) is 12.6. The van der Waals surface area contributed by atoms with Gasteiger partial charge in [0.25, 0.3) is 0 Å². The van der Waals surface area contributed by atoms with Gasteiger partial charge in [0, 0.05) is 29.6 Å².